The van der Waals surface area contributed by atoms with E-state index in [2.05, 4.69) is 5.32 Å². The predicted molar refractivity (Wildman–Crippen MR) is 134 cm³/mol. The Kier molecular flexibility index (Phi) is 7.12. The number of benzene rings is 2. The van der Waals surface area contributed by atoms with Gasteiger partial charge in [-0.05, 0) is 74.9 Å². The molecule has 0 spiro atoms. The molecule has 2 aromatic heterocycles. The van der Waals surface area contributed by atoms with Gasteiger partial charge in [0, 0.05) is 17.3 Å². The van der Waals surface area contributed by atoms with Gasteiger partial charge in [0.15, 0.2) is 0 Å². The summed E-state index contributed by atoms with van der Waals surface area (Å²) in [5.74, 6) is 0.921. The van der Waals surface area contributed by atoms with E-state index in [4.69, 9.17) is 14.3 Å². The summed E-state index contributed by atoms with van der Waals surface area (Å²) in [6, 6.07) is 21.0. The van der Waals surface area contributed by atoms with Crippen molar-refractivity contribution < 1.29 is 13.9 Å². The smallest absolute Gasteiger partial charge is 0.262 e. The minimum atomic E-state index is -0.487. The molecule has 7 heteroatoms. The molecule has 4 aromatic rings. The third kappa shape index (κ3) is 5.68. The summed E-state index contributed by atoms with van der Waals surface area (Å²) in [6.07, 6.45) is 4.97. The normalized spacial score (nSPS) is 11.3. The number of carbonyl (C=O) groups excluding carboxylic acids is 1. The molecule has 0 saturated heterocycles. The van der Waals surface area contributed by atoms with E-state index < -0.39 is 5.91 Å². The van der Waals surface area contributed by atoms with E-state index in [1.54, 1.807) is 22.9 Å². The molecule has 0 unspecified atom stereocenters. The van der Waals surface area contributed by atoms with Crippen LogP contribution in [0.2, 0.25) is 0 Å². The predicted octanol–water partition coefficient (Wildman–Crippen LogP) is 5.45. The lowest BCUT2D eigenvalue weighted by atomic mass is 10.0. The van der Waals surface area contributed by atoms with Gasteiger partial charge in [0.1, 0.15) is 28.8 Å². The number of rotatable bonds is 8. The summed E-state index contributed by atoms with van der Waals surface area (Å²) < 4.78 is 12.9. The van der Waals surface area contributed by atoms with Crippen LogP contribution in [-0.4, -0.2) is 21.8 Å². The molecule has 176 valence electrons. The number of amides is 1. The molecule has 4 rings (SSSR count). The van der Waals surface area contributed by atoms with Crippen LogP contribution in [0.15, 0.2) is 83.1 Å². The Morgan fingerprint density at radius 1 is 1.20 bits per heavy atom. The maximum absolute atomic E-state index is 12.7. The van der Waals surface area contributed by atoms with E-state index >= 15 is 0 Å². The Morgan fingerprint density at radius 3 is 2.66 bits per heavy atom. The number of nitriles is 1. The lowest BCUT2D eigenvalue weighted by Gasteiger charge is -2.13. The zero-order valence-corrected chi connectivity index (χ0v) is 19.9. The summed E-state index contributed by atoms with van der Waals surface area (Å²) in [5.41, 5.74) is 3.97. The van der Waals surface area contributed by atoms with Crippen LogP contribution in [0, 0.1) is 18.3 Å². The van der Waals surface area contributed by atoms with E-state index in [9.17, 15) is 10.1 Å². The highest BCUT2D eigenvalue weighted by Crippen LogP contribution is 2.30. The second-order valence-corrected chi connectivity index (χ2v) is 8.29. The van der Waals surface area contributed by atoms with Crippen LogP contribution in [-0.2, 0) is 11.3 Å². The quantitative estimate of drug-likeness (QED) is 0.275. The molecule has 0 radical (unpaired) electrons. The number of para-hydroxylation sites is 1. The molecule has 0 fully saturated rings. The number of ether oxygens (including phenoxy) is 1. The Labute approximate surface area is 204 Å². The van der Waals surface area contributed by atoms with Crippen LogP contribution in [0.3, 0.4) is 0 Å². The number of carbonyl (C=O) groups is 1. The molecule has 0 bridgehead atoms. The molecule has 0 saturated carbocycles. The first kappa shape index (κ1) is 23.6. The standard InChI is InChI=1S/C28H26N4O3/c1-19(2)35-26-12-11-21(14-20(26)3)27-23(18-32(31-27)24-8-5-4-6-9-24)15-22(16-29)28(33)30-17-25-10-7-13-34-25/h4-15,18-19H,17H2,1-3H3,(H,30,33)/b22-15-. The number of hydrogen-bond acceptors (Lipinski definition) is 5. The van der Waals surface area contributed by atoms with Crippen LogP contribution < -0.4 is 10.1 Å². The summed E-state index contributed by atoms with van der Waals surface area (Å²) >= 11 is 0. The third-order valence-electron chi connectivity index (χ3n) is 5.24. The fourth-order valence-electron chi connectivity index (χ4n) is 3.59. The Morgan fingerprint density at radius 2 is 2.00 bits per heavy atom. The van der Waals surface area contributed by atoms with Gasteiger partial charge in [-0.15, -0.1) is 0 Å². The maximum atomic E-state index is 12.7. The van der Waals surface area contributed by atoms with Gasteiger partial charge in [0.2, 0.25) is 0 Å². The second-order valence-electron chi connectivity index (χ2n) is 8.29. The number of furan rings is 1. The van der Waals surface area contributed by atoms with E-state index in [1.807, 2.05) is 81.6 Å². The van der Waals surface area contributed by atoms with Crippen LogP contribution in [0.25, 0.3) is 23.0 Å². The van der Waals surface area contributed by atoms with Crippen molar-refractivity contribution in [3.63, 3.8) is 0 Å². The monoisotopic (exact) mass is 466 g/mol. The fraction of sp³-hybridized carbons (Fsp3) is 0.179. The third-order valence-corrected chi connectivity index (χ3v) is 5.24. The molecule has 35 heavy (non-hydrogen) atoms. The number of aryl methyl sites for hydroxylation is 1. The average Bonchev–Trinajstić information content (AvgIpc) is 3.53. The first-order valence-corrected chi connectivity index (χ1v) is 11.3. The van der Waals surface area contributed by atoms with Crippen molar-refractivity contribution in [3.05, 3.63) is 95.6 Å². The highest BCUT2D eigenvalue weighted by atomic mass is 16.5. The zero-order valence-electron chi connectivity index (χ0n) is 19.9. The molecule has 7 nitrogen and oxygen atoms in total. The van der Waals surface area contributed by atoms with E-state index in [0.29, 0.717) is 17.0 Å². The van der Waals surface area contributed by atoms with Gasteiger partial charge in [-0.2, -0.15) is 10.4 Å². The summed E-state index contributed by atoms with van der Waals surface area (Å²) in [6.45, 7) is 6.14. The van der Waals surface area contributed by atoms with Gasteiger partial charge in [-0.3, -0.25) is 4.79 Å². The highest BCUT2D eigenvalue weighted by molar-refractivity contribution is 6.02. The van der Waals surface area contributed by atoms with Crippen molar-refractivity contribution in [1.82, 2.24) is 15.1 Å². The highest BCUT2D eigenvalue weighted by Gasteiger charge is 2.16. The minimum absolute atomic E-state index is 0.0260. The largest absolute Gasteiger partial charge is 0.491 e. The van der Waals surface area contributed by atoms with E-state index in [-0.39, 0.29) is 18.2 Å². The molecule has 2 heterocycles. The van der Waals surface area contributed by atoms with Gasteiger partial charge in [-0.25, -0.2) is 4.68 Å². The SMILES string of the molecule is Cc1cc(-c2nn(-c3ccccc3)cc2/C=C(/C#N)C(=O)NCc2ccco2)ccc1OC(C)C. The van der Waals surface area contributed by atoms with Crippen LogP contribution in [0.5, 0.6) is 5.75 Å². The zero-order chi connectivity index (χ0) is 24.8. The lowest BCUT2D eigenvalue weighted by Crippen LogP contribution is -2.23. The van der Waals surface area contributed by atoms with Gasteiger partial charge < -0.3 is 14.5 Å². The van der Waals surface area contributed by atoms with Crippen molar-refractivity contribution in [2.24, 2.45) is 0 Å². The minimum Gasteiger partial charge on any atom is -0.491 e. The topological polar surface area (TPSA) is 93.1 Å². The Hall–Kier alpha value is -4.57. The fourth-order valence-corrected chi connectivity index (χ4v) is 3.59. The van der Waals surface area contributed by atoms with Crippen LogP contribution in [0.1, 0.15) is 30.7 Å². The number of nitrogens with one attached hydrogen (secondary N) is 1. The van der Waals surface area contributed by atoms with E-state index in [0.717, 1.165) is 22.6 Å². The van der Waals surface area contributed by atoms with Crippen molar-refractivity contribution >= 4 is 12.0 Å². The first-order valence-electron chi connectivity index (χ1n) is 11.3. The van der Waals surface area contributed by atoms with Crippen LogP contribution >= 0.6 is 0 Å². The molecular formula is C28H26N4O3. The summed E-state index contributed by atoms with van der Waals surface area (Å²) in [5, 5.41) is 17.2. The second kappa shape index (κ2) is 10.6. The van der Waals surface area contributed by atoms with Gasteiger partial charge in [-0.1, -0.05) is 18.2 Å². The number of hydrogen-bond donors (Lipinski definition) is 1. The summed E-state index contributed by atoms with van der Waals surface area (Å²) in [7, 11) is 0. The summed E-state index contributed by atoms with van der Waals surface area (Å²) in [4.78, 5) is 12.7. The van der Waals surface area contributed by atoms with Crippen molar-refractivity contribution in [2.75, 3.05) is 0 Å². The molecular weight excluding hydrogens is 440 g/mol. The number of aromatic nitrogens is 2. The van der Waals surface area contributed by atoms with E-state index in [1.165, 1.54) is 6.26 Å². The van der Waals surface area contributed by atoms with Gasteiger partial charge >= 0.3 is 0 Å². The Bertz CT molecular complexity index is 1380. The van der Waals surface area contributed by atoms with Gasteiger partial charge in [0.05, 0.1) is 24.6 Å². The van der Waals surface area contributed by atoms with Gasteiger partial charge in [0.25, 0.3) is 5.91 Å². The van der Waals surface area contributed by atoms with Crippen molar-refractivity contribution in [3.8, 4) is 28.8 Å². The molecule has 1 amide bonds. The maximum Gasteiger partial charge on any atom is 0.262 e. The molecule has 2 aromatic carbocycles. The molecule has 0 atom stereocenters. The van der Waals surface area contributed by atoms with Crippen LogP contribution in [0.4, 0.5) is 0 Å². The molecule has 1 N–H and O–H groups in total. The van der Waals surface area contributed by atoms with Crippen molar-refractivity contribution in [2.45, 2.75) is 33.4 Å². The van der Waals surface area contributed by atoms with Crippen molar-refractivity contribution in [1.29, 1.82) is 5.26 Å². The molecule has 0 aliphatic heterocycles. The molecule has 0 aliphatic carbocycles. The Balaban J connectivity index is 1.72. The lowest BCUT2D eigenvalue weighted by molar-refractivity contribution is -0.117. The average molecular weight is 467 g/mol. The first-order chi connectivity index (χ1) is 16.9. The number of nitrogens with zero attached hydrogens (tertiary/aromatic N) is 3. The molecule has 0 aliphatic rings.